The minimum atomic E-state index is -3.77. The molecule has 1 atom stereocenters. The zero-order chi connectivity index (χ0) is 15.7. The van der Waals surface area contributed by atoms with Crippen LogP contribution in [0.4, 0.5) is 0 Å². The summed E-state index contributed by atoms with van der Waals surface area (Å²) < 4.78 is 51.5. The highest BCUT2D eigenvalue weighted by atomic mass is 32.2. The van der Waals surface area contributed by atoms with Crippen molar-refractivity contribution in [2.24, 2.45) is 0 Å². The third kappa shape index (κ3) is 3.85. The molecule has 1 unspecified atom stereocenters. The van der Waals surface area contributed by atoms with E-state index in [0.717, 1.165) is 6.42 Å². The first kappa shape index (κ1) is 16.5. The van der Waals surface area contributed by atoms with Crippen LogP contribution in [0.3, 0.4) is 0 Å². The Morgan fingerprint density at radius 3 is 2.71 bits per heavy atom. The minimum absolute atomic E-state index is 0.0128. The lowest BCUT2D eigenvalue weighted by atomic mass is 10.3. The third-order valence-electron chi connectivity index (χ3n) is 3.45. The summed E-state index contributed by atoms with van der Waals surface area (Å²) in [6, 6.07) is 0.841. The molecular formula is C12H20N2O5S2. The van der Waals surface area contributed by atoms with E-state index in [2.05, 4.69) is 4.72 Å². The average molecular weight is 336 g/mol. The number of sulfone groups is 1. The molecule has 0 saturated carbocycles. The van der Waals surface area contributed by atoms with Gasteiger partial charge >= 0.3 is 0 Å². The van der Waals surface area contributed by atoms with Gasteiger partial charge in [-0.1, -0.05) is 6.92 Å². The molecule has 0 aliphatic carbocycles. The first-order valence-corrected chi connectivity index (χ1v) is 10.1. The van der Waals surface area contributed by atoms with Crippen LogP contribution in [0.2, 0.25) is 0 Å². The molecule has 1 aliphatic rings. The highest BCUT2D eigenvalue weighted by molar-refractivity contribution is 7.92. The number of sulfonamides is 1. The van der Waals surface area contributed by atoms with Crippen LogP contribution in [0.15, 0.2) is 17.2 Å². The summed E-state index contributed by atoms with van der Waals surface area (Å²) in [5, 5.41) is 9.26. The number of hydrogen-bond donors (Lipinski definition) is 2. The highest BCUT2D eigenvalue weighted by Gasteiger charge is 2.31. The van der Waals surface area contributed by atoms with Crippen LogP contribution in [0, 0.1) is 0 Å². The van der Waals surface area contributed by atoms with E-state index >= 15 is 0 Å². The van der Waals surface area contributed by atoms with E-state index in [1.54, 1.807) is 4.57 Å². The van der Waals surface area contributed by atoms with Crippen LogP contribution >= 0.6 is 0 Å². The van der Waals surface area contributed by atoms with Gasteiger partial charge in [-0.3, -0.25) is 0 Å². The predicted molar refractivity (Wildman–Crippen MR) is 78.0 cm³/mol. The predicted octanol–water partition coefficient (Wildman–Crippen LogP) is -0.144. The second-order valence-electron chi connectivity index (χ2n) is 5.24. The summed E-state index contributed by atoms with van der Waals surface area (Å²) in [7, 11) is -6.91. The smallest absolute Gasteiger partial charge is 0.242 e. The maximum Gasteiger partial charge on any atom is 0.242 e. The molecule has 1 aliphatic heterocycles. The van der Waals surface area contributed by atoms with Crippen molar-refractivity contribution in [2.45, 2.75) is 43.9 Å². The van der Waals surface area contributed by atoms with Crippen molar-refractivity contribution < 1.29 is 21.9 Å². The van der Waals surface area contributed by atoms with Crippen molar-refractivity contribution in [3.05, 3.63) is 18.0 Å². The molecule has 21 heavy (non-hydrogen) atoms. The lowest BCUT2D eigenvalue weighted by Gasteiger charge is -2.10. The summed E-state index contributed by atoms with van der Waals surface area (Å²) in [5.41, 5.74) is 0.524. The summed E-state index contributed by atoms with van der Waals surface area (Å²) in [6.45, 7) is 2.33. The molecule has 9 heteroatoms. The molecule has 2 heterocycles. The number of aliphatic hydroxyl groups is 1. The Morgan fingerprint density at radius 1 is 1.48 bits per heavy atom. The zero-order valence-electron chi connectivity index (χ0n) is 11.8. The van der Waals surface area contributed by atoms with Crippen molar-refractivity contribution in [3.8, 4) is 0 Å². The first-order valence-electron chi connectivity index (χ1n) is 6.80. The van der Waals surface area contributed by atoms with Gasteiger partial charge in [-0.25, -0.2) is 21.6 Å². The molecule has 2 rings (SSSR count). The number of hydrogen-bond acceptors (Lipinski definition) is 5. The maximum absolute atomic E-state index is 12.3. The SMILES string of the molecule is CCCn1cc(S(=O)(=O)NC2CCS(=O)(=O)C2)cc1CO. The molecule has 1 aromatic rings. The Balaban J connectivity index is 2.20. The van der Waals surface area contributed by atoms with Gasteiger partial charge in [0.2, 0.25) is 10.0 Å². The van der Waals surface area contributed by atoms with Crippen molar-refractivity contribution >= 4 is 19.9 Å². The first-order chi connectivity index (χ1) is 9.77. The molecule has 7 nitrogen and oxygen atoms in total. The van der Waals surface area contributed by atoms with Gasteiger partial charge in [-0.2, -0.15) is 0 Å². The molecule has 0 amide bonds. The summed E-state index contributed by atoms with van der Waals surface area (Å²) in [5.74, 6) is -0.145. The molecule has 1 fully saturated rings. The highest BCUT2D eigenvalue weighted by Crippen LogP contribution is 2.18. The molecule has 0 bridgehead atoms. The van der Waals surface area contributed by atoms with Gasteiger partial charge in [0, 0.05) is 24.5 Å². The second kappa shape index (κ2) is 6.07. The Bertz CT molecular complexity index is 706. The van der Waals surface area contributed by atoms with E-state index in [1.165, 1.54) is 12.3 Å². The summed E-state index contributed by atoms with van der Waals surface area (Å²) in [6.07, 6.45) is 2.58. The number of aryl methyl sites for hydroxylation is 1. The Hall–Kier alpha value is -0.900. The van der Waals surface area contributed by atoms with Gasteiger partial charge in [0.05, 0.1) is 23.0 Å². The standard InChI is InChI=1S/C12H20N2O5S2/c1-2-4-14-7-12(6-11(14)8-15)21(18,19)13-10-3-5-20(16,17)9-10/h6-7,10,13,15H,2-5,8-9H2,1H3. The zero-order valence-corrected chi connectivity index (χ0v) is 13.5. The molecule has 0 radical (unpaired) electrons. The fourth-order valence-electron chi connectivity index (χ4n) is 2.43. The minimum Gasteiger partial charge on any atom is -0.390 e. The van der Waals surface area contributed by atoms with Crippen molar-refractivity contribution in [1.82, 2.24) is 9.29 Å². The van der Waals surface area contributed by atoms with Crippen molar-refractivity contribution in [3.63, 3.8) is 0 Å². The molecular weight excluding hydrogens is 316 g/mol. The van der Waals surface area contributed by atoms with Crippen molar-refractivity contribution in [1.29, 1.82) is 0 Å². The van der Waals surface area contributed by atoms with E-state index in [-0.39, 0.29) is 23.0 Å². The Labute approximate surface area is 124 Å². The van der Waals surface area contributed by atoms with E-state index in [9.17, 15) is 21.9 Å². The van der Waals surface area contributed by atoms with Crippen molar-refractivity contribution in [2.75, 3.05) is 11.5 Å². The monoisotopic (exact) mass is 336 g/mol. The van der Waals surface area contributed by atoms with Gasteiger partial charge in [-0.15, -0.1) is 0 Å². The maximum atomic E-state index is 12.3. The average Bonchev–Trinajstić information content (AvgIpc) is 2.93. The van der Waals surface area contributed by atoms with Gasteiger partial charge in [-0.05, 0) is 18.9 Å². The molecule has 1 aromatic heterocycles. The quantitative estimate of drug-likeness (QED) is 0.752. The topological polar surface area (TPSA) is 105 Å². The molecule has 120 valence electrons. The largest absolute Gasteiger partial charge is 0.390 e. The molecule has 0 aromatic carbocycles. The van der Waals surface area contributed by atoms with Crippen LogP contribution in [0.1, 0.15) is 25.5 Å². The molecule has 0 spiro atoms. The second-order valence-corrected chi connectivity index (χ2v) is 9.18. The number of aliphatic hydroxyl groups excluding tert-OH is 1. The fraction of sp³-hybridized carbons (Fsp3) is 0.667. The molecule has 2 N–H and O–H groups in total. The normalized spacial score (nSPS) is 21.7. The Morgan fingerprint density at radius 2 is 2.19 bits per heavy atom. The van der Waals surface area contributed by atoms with E-state index < -0.39 is 25.9 Å². The van der Waals surface area contributed by atoms with Crippen LogP contribution in [-0.2, 0) is 33.0 Å². The van der Waals surface area contributed by atoms with Gasteiger partial charge in [0.1, 0.15) is 0 Å². The van der Waals surface area contributed by atoms with Crippen LogP contribution in [0.5, 0.6) is 0 Å². The van der Waals surface area contributed by atoms with Crippen LogP contribution in [-0.4, -0.2) is 44.1 Å². The van der Waals surface area contributed by atoms with Crippen LogP contribution in [0.25, 0.3) is 0 Å². The van der Waals surface area contributed by atoms with Crippen LogP contribution < -0.4 is 4.72 Å². The fourth-order valence-corrected chi connectivity index (χ4v) is 5.54. The summed E-state index contributed by atoms with van der Waals surface area (Å²) >= 11 is 0. The summed E-state index contributed by atoms with van der Waals surface area (Å²) in [4.78, 5) is 0.0595. The lowest BCUT2D eigenvalue weighted by molar-refractivity contribution is 0.270. The number of rotatable bonds is 6. The number of nitrogens with one attached hydrogen (secondary N) is 1. The van der Waals surface area contributed by atoms with E-state index in [1.807, 2.05) is 6.92 Å². The number of nitrogens with zero attached hydrogens (tertiary/aromatic N) is 1. The van der Waals surface area contributed by atoms with E-state index in [4.69, 9.17) is 0 Å². The Kier molecular flexibility index (Phi) is 4.76. The van der Waals surface area contributed by atoms with Gasteiger partial charge < -0.3 is 9.67 Å². The lowest BCUT2D eigenvalue weighted by Crippen LogP contribution is -2.35. The van der Waals surface area contributed by atoms with Gasteiger partial charge in [0.25, 0.3) is 0 Å². The van der Waals surface area contributed by atoms with E-state index in [0.29, 0.717) is 18.7 Å². The third-order valence-corrected chi connectivity index (χ3v) is 6.71. The number of aromatic nitrogens is 1. The molecule has 1 saturated heterocycles. The van der Waals surface area contributed by atoms with Gasteiger partial charge in [0.15, 0.2) is 9.84 Å².